The molecule has 0 spiro atoms. The molecule has 0 fully saturated rings. The Morgan fingerprint density at radius 1 is 1.29 bits per heavy atom. The van der Waals surface area contributed by atoms with E-state index in [2.05, 4.69) is 5.32 Å². The highest BCUT2D eigenvalue weighted by atomic mass is 16.4. The number of carboxylic acid groups (broad SMARTS) is 1. The van der Waals surface area contributed by atoms with Crippen molar-refractivity contribution in [2.75, 3.05) is 6.61 Å². The van der Waals surface area contributed by atoms with Crippen molar-refractivity contribution in [2.24, 2.45) is 0 Å². The summed E-state index contributed by atoms with van der Waals surface area (Å²) in [5.74, 6) is -1.73. The van der Waals surface area contributed by atoms with Crippen LogP contribution < -0.4 is 5.32 Å². The zero-order chi connectivity index (χ0) is 11.2. The molecule has 0 saturated carbocycles. The largest absolute Gasteiger partial charge is 0.481 e. The number of rotatable bonds is 6. The van der Waals surface area contributed by atoms with Gasteiger partial charge in [-0.15, -0.1) is 0 Å². The third-order valence-electron chi connectivity index (χ3n) is 2.37. The summed E-state index contributed by atoms with van der Waals surface area (Å²) in [5.41, 5.74) is -0.674. The lowest BCUT2D eigenvalue weighted by atomic mass is 9.94. The molecule has 1 amide bonds. The molecule has 0 rings (SSSR count). The first-order chi connectivity index (χ1) is 6.49. The van der Waals surface area contributed by atoms with Gasteiger partial charge in [-0.25, -0.2) is 0 Å². The van der Waals surface area contributed by atoms with Crippen LogP contribution in [0.25, 0.3) is 0 Å². The zero-order valence-electron chi connectivity index (χ0n) is 8.54. The van der Waals surface area contributed by atoms with Gasteiger partial charge in [0.25, 0.3) is 0 Å². The number of hydrogen-bond acceptors (Lipinski definition) is 3. The van der Waals surface area contributed by atoms with Gasteiger partial charge in [0.1, 0.15) is 6.42 Å². The number of carbonyl (C=O) groups excluding carboxylic acids is 1. The molecule has 5 nitrogen and oxygen atoms in total. The summed E-state index contributed by atoms with van der Waals surface area (Å²) < 4.78 is 0. The summed E-state index contributed by atoms with van der Waals surface area (Å²) in [5, 5.41) is 20.0. The highest BCUT2D eigenvalue weighted by Crippen LogP contribution is 2.13. The molecular formula is C9H17NO4. The Bertz CT molecular complexity index is 203. The van der Waals surface area contributed by atoms with Gasteiger partial charge in [-0.2, -0.15) is 0 Å². The second kappa shape index (κ2) is 5.59. The van der Waals surface area contributed by atoms with Crippen molar-refractivity contribution in [1.29, 1.82) is 0 Å². The second-order valence-corrected chi connectivity index (χ2v) is 3.26. The first-order valence-corrected chi connectivity index (χ1v) is 4.63. The van der Waals surface area contributed by atoms with Crippen LogP contribution in [0.1, 0.15) is 33.1 Å². The number of carbonyl (C=O) groups is 2. The molecule has 3 N–H and O–H groups in total. The van der Waals surface area contributed by atoms with Crippen molar-refractivity contribution in [2.45, 2.75) is 38.6 Å². The fraction of sp³-hybridized carbons (Fsp3) is 0.778. The normalized spacial score (nSPS) is 11.1. The van der Waals surface area contributed by atoms with E-state index in [-0.39, 0.29) is 6.61 Å². The maximum atomic E-state index is 11.1. The highest BCUT2D eigenvalue weighted by Gasteiger charge is 2.27. The average molecular weight is 203 g/mol. The van der Waals surface area contributed by atoms with Crippen molar-refractivity contribution in [3.05, 3.63) is 0 Å². The smallest absolute Gasteiger partial charge is 0.312 e. The maximum Gasteiger partial charge on any atom is 0.312 e. The van der Waals surface area contributed by atoms with E-state index < -0.39 is 23.8 Å². The maximum absolute atomic E-state index is 11.1. The second-order valence-electron chi connectivity index (χ2n) is 3.26. The van der Waals surface area contributed by atoms with Crippen LogP contribution in [-0.4, -0.2) is 34.2 Å². The fourth-order valence-corrected chi connectivity index (χ4v) is 1.17. The minimum Gasteiger partial charge on any atom is -0.481 e. The summed E-state index contributed by atoms with van der Waals surface area (Å²) in [6, 6.07) is 0. The van der Waals surface area contributed by atoms with Crippen molar-refractivity contribution < 1.29 is 19.8 Å². The average Bonchev–Trinajstić information content (AvgIpc) is 2.13. The van der Waals surface area contributed by atoms with Crippen molar-refractivity contribution in [3.63, 3.8) is 0 Å². The number of amides is 1. The predicted molar refractivity (Wildman–Crippen MR) is 50.8 cm³/mol. The Hall–Kier alpha value is -1.10. The molecule has 0 heterocycles. The summed E-state index contributed by atoms with van der Waals surface area (Å²) >= 11 is 0. The summed E-state index contributed by atoms with van der Waals surface area (Å²) in [6.07, 6.45) is 0.596. The molecule has 5 heteroatoms. The molecule has 0 aliphatic rings. The minimum absolute atomic E-state index is 0.175. The quantitative estimate of drug-likeness (QED) is 0.535. The molecule has 82 valence electrons. The van der Waals surface area contributed by atoms with Crippen molar-refractivity contribution >= 4 is 11.9 Å². The topological polar surface area (TPSA) is 86.6 Å². The number of aliphatic carboxylic acids is 1. The highest BCUT2D eigenvalue weighted by molar-refractivity contribution is 5.93. The van der Waals surface area contributed by atoms with Crippen LogP contribution in [0, 0.1) is 0 Å². The Kier molecular flexibility index (Phi) is 5.15. The van der Waals surface area contributed by atoms with Crippen LogP contribution in [0.15, 0.2) is 0 Å². The summed E-state index contributed by atoms with van der Waals surface area (Å²) in [7, 11) is 0. The Morgan fingerprint density at radius 2 is 1.79 bits per heavy atom. The first kappa shape index (κ1) is 12.9. The van der Waals surface area contributed by atoms with E-state index in [1.807, 2.05) is 13.8 Å². The molecule has 0 unspecified atom stereocenters. The molecular weight excluding hydrogens is 186 g/mol. The van der Waals surface area contributed by atoms with Gasteiger partial charge in [0, 0.05) is 0 Å². The van der Waals surface area contributed by atoms with Crippen LogP contribution in [0.5, 0.6) is 0 Å². The Morgan fingerprint density at radius 3 is 2.07 bits per heavy atom. The van der Waals surface area contributed by atoms with Gasteiger partial charge < -0.3 is 15.5 Å². The number of nitrogens with one attached hydrogen (secondary N) is 1. The molecule has 0 radical (unpaired) electrons. The summed E-state index contributed by atoms with van der Waals surface area (Å²) in [6.45, 7) is 3.49. The third kappa shape index (κ3) is 3.74. The SMILES string of the molecule is CCC(CC)(CO)NC(=O)CC(=O)O. The van der Waals surface area contributed by atoms with E-state index in [4.69, 9.17) is 10.2 Å². The Labute approximate surface area is 83.1 Å². The monoisotopic (exact) mass is 203 g/mol. The van der Waals surface area contributed by atoms with E-state index in [1.165, 1.54) is 0 Å². The molecule has 0 aromatic carbocycles. The lowest BCUT2D eigenvalue weighted by molar-refractivity contribution is -0.141. The molecule has 0 bridgehead atoms. The van der Waals surface area contributed by atoms with Gasteiger partial charge in [-0.05, 0) is 12.8 Å². The van der Waals surface area contributed by atoms with Gasteiger partial charge >= 0.3 is 5.97 Å². The van der Waals surface area contributed by atoms with E-state index in [0.717, 1.165) is 0 Å². The molecule has 0 aromatic heterocycles. The lowest BCUT2D eigenvalue weighted by Gasteiger charge is -2.30. The fourth-order valence-electron chi connectivity index (χ4n) is 1.17. The number of hydrogen-bond donors (Lipinski definition) is 3. The molecule has 14 heavy (non-hydrogen) atoms. The van der Waals surface area contributed by atoms with E-state index in [1.54, 1.807) is 0 Å². The van der Waals surface area contributed by atoms with E-state index in [9.17, 15) is 9.59 Å². The van der Waals surface area contributed by atoms with E-state index in [0.29, 0.717) is 12.8 Å². The van der Waals surface area contributed by atoms with Crippen LogP contribution in [0.3, 0.4) is 0 Å². The predicted octanol–water partition coefficient (Wildman–Crippen LogP) is 0.128. The van der Waals surface area contributed by atoms with Crippen molar-refractivity contribution in [1.82, 2.24) is 5.32 Å². The van der Waals surface area contributed by atoms with Gasteiger partial charge in [-0.3, -0.25) is 9.59 Å². The van der Waals surface area contributed by atoms with Gasteiger partial charge in [0.15, 0.2) is 0 Å². The standard InChI is InChI=1S/C9H17NO4/c1-3-9(4-2,6-11)10-7(12)5-8(13)14/h11H,3-6H2,1-2H3,(H,10,12)(H,13,14). The lowest BCUT2D eigenvalue weighted by Crippen LogP contribution is -2.50. The van der Waals surface area contributed by atoms with Crippen LogP contribution in [0.4, 0.5) is 0 Å². The van der Waals surface area contributed by atoms with E-state index >= 15 is 0 Å². The van der Waals surface area contributed by atoms with Crippen LogP contribution >= 0.6 is 0 Å². The first-order valence-electron chi connectivity index (χ1n) is 4.63. The molecule has 0 saturated heterocycles. The number of aliphatic hydroxyl groups is 1. The summed E-state index contributed by atoms with van der Waals surface area (Å²) in [4.78, 5) is 21.4. The van der Waals surface area contributed by atoms with Crippen LogP contribution in [0.2, 0.25) is 0 Å². The number of carboxylic acids is 1. The molecule has 0 aromatic rings. The molecule has 0 atom stereocenters. The van der Waals surface area contributed by atoms with Crippen molar-refractivity contribution in [3.8, 4) is 0 Å². The molecule has 0 aliphatic heterocycles. The van der Waals surface area contributed by atoms with Gasteiger partial charge in [0.05, 0.1) is 12.1 Å². The Balaban J connectivity index is 4.29. The third-order valence-corrected chi connectivity index (χ3v) is 2.37. The minimum atomic E-state index is -1.17. The van der Waals surface area contributed by atoms with Crippen LogP contribution in [-0.2, 0) is 9.59 Å². The number of aliphatic hydroxyl groups excluding tert-OH is 1. The van der Waals surface area contributed by atoms with Gasteiger partial charge in [0.2, 0.25) is 5.91 Å². The zero-order valence-corrected chi connectivity index (χ0v) is 8.54. The van der Waals surface area contributed by atoms with Gasteiger partial charge in [-0.1, -0.05) is 13.8 Å². The molecule has 0 aliphatic carbocycles.